The van der Waals surface area contributed by atoms with Gasteiger partial charge in [0, 0.05) is 6.21 Å². The summed E-state index contributed by atoms with van der Waals surface area (Å²) < 4.78 is 77.9. The molecule has 188 valence electrons. The Morgan fingerprint density at radius 2 is 1.71 bits per heavy atom. The third kappa shape index (κ3) is 7.48. The van der Waals surface area contributed by atoms with E-state index in [9.17, 15) is 31.1 Å². The maximum absolute atomic E-state index is 13.7. The first-order valence-corrected chi connectivity index (χ1v) is 11.5. The van der Waals surface area contributed by atoms with E-state index in [0.29, 0.717) is 24.8 Å². The van der Waals surface area contributed by atoms with Crippen molar-refractivity contribution in [1.29, 1.82) is 0 Å². The molecule has 0 N–H and O–H groups in total. The number of allylic oxidation sites excluding steroid dienone is 1. The predicted octanol–water partition coefficient (Wildman–Crippen LogP) is 8.98. The molecule has 3 rings (SSSR count). The van der Waals surface area contributed by atoms with E-state index >= 15 is 0 Å². The smallest absolute Gasteiger partial charge is 0.272 e. The monoisotopic (exact) mass is 555 g/mol. The van der Waals surface area contributed by atoms with Gasteiger partial charge in [0.05, 0.1) is 21.0 Å². The van der Waals surface area contributed by atoms with Crippen molar-refractivity contribution < 1.29 is 31.1 Å². The Kier molecular flexibility index (Phi) is 8.60. The van der Waals surface area contributed by atoms with Crippen molar-refractivity contribution in [3.05, 3.63) is 73.7 Å². The number of carbonyl (C=O) groups is 1. The molecule has 1 amide bonds. The van der Waals surface area contributed by atoms with Crippen LogP contribution >= 0.6 is 34.8 Å². The van der Waals surface area contributed by atoms with Crippen LogP contribution in [0.15, 0.2) is 41.4 Å². The first kappa shape index (κ1) is 27.6. The highest BCUT2D eigenvalue weighted by molar-refractivity contribution is 6.48. The minimum atomic E-state index is -4.60. The second-order valence-corrected chi connectivity index (χ2v) is 9.30. The third-order valence-corrected chi connectivity index (χ3v) is 6.74. The maximum Gasteiger partial charge on any atom is 0.399 e. The third-order valence-electron chi connectivity index (χ3n) is 5.54. The van der Waals surface area contributed by atoms with Crippen LogP contribution in [0.5, 0.6) is 0 Å². The molecule has 0 spiro atoms. The highest BCUT2D eigenvalue weighted by Gasteiger charge is 2.39. The molecule has 0 aromatic heterocycles. The van der Waals surface area contributed by atoms with Crippen molar-refractivity contribution in [3.8, 4) is 0 Å². The van der Waals surface area contributed by atoms with Gasteiger partial charge in [-0.05, 0) is 59.6 Å². The molecule has 0 saturated carbocycles. The lowest BCUT2D eigenvalue weighted by Gasteiger charge is -2.18. The van der Waals surface area contributed by atoms with Gasteiger partial charge in [0.2, 0.25) is 0 Å². The van der Waals surface area contributed by atoms with E-state index in [1.165, 1.54) is 12.3 Å². The Labute approximate surface area is 212 Å². The lowest BCUT2D eigenvalue weighted by Crippen LogP contribution is -2.19. The van der Waals surface area contributed by atoms with Crippen LogP contribution in [-0.2, 0) is 11.2 Å². The number of hydrogen-bond donors (Lipinski definition) is 0. The van der Waals surface area contributed by atoms with E-state index in [4.69, 9.17) is 34.8 Å². The van der Waals surface area contributed by atoms with Crippen molar-refractivity contribution in [2.45, 2.75) is 49.9 Å². The fourth-order valence-electron chi connectivity index (χ4n) is 3.94. The largest absolute Gasteiger partial charge is 0.399 e. The molecule has 2 aromatic rings. The summed E-state index contributed by atoms with van der Waals surface area (Å²) in [6, 6.07) is 7.47. The molecule has 0 fully saturated rings. The fraction of sp³-hybridized carbons (Fsp3) is 0.333. The topological polar surface area (TPSA) is 29.4 Å². The molecule has 0 heterocycles. The molecule has 1 aliphatic rings. The predicted molar refractivity (Wildman–Crippen MR) is 126 cm³/mol. The van der Waals surface area contributed by atoms with Crippen molar-refractivity contribution in [2.75, 3.05) is 0 Å². The van der Waals surface area contributed by atoms with Gasteiger partial charge < -0.3 is 0 Å². The number of halogens is 9. The number of fused-ring (bicyclic) bond motifs is 1. The first-order valence-electron chi connectivity index (χ1n) is 10.4. The summed E-state index contributed by atoms with van der Waals surface area (Å²) in [6.07, 6.45) is -5.60. The average molecular weight is 557 g/mol. The summed E-state index contributed by atoms with van der Waals surface area (Å²) in [5, 5.41) is -0.182. The molecule has 2 atom stereocenters. The van der Waals surface area contributed by atoms with Gasteiger partial charge in [-0.1, -0.05) is 65.2 Å². The van der Waals surface area contributed by atoms with Gasteiger partial charge in [-0.2, -0.15) is 26.3 Å². The molecule has 0 radical (unpaired) electrons. The lowest BCUT2D eigenvalue weighted by atomic mass is 9.95. The van der Waals surface area contributed by atoms with Gasteiger partial charge in [0.25, 0.3) is 5.91 Å². The molecule has 0 saturated heterocycles. The molecule has 11 heteroatoms. The normalized spacial score (nSPS) is 17.3. The number of nitrogens with zero attached hydrogens (tertiary/aromatic N) is 1. The minimum Gasteiger partial charge on any atom is -0.272 e. The van der Waals surface area contributed by atoms with E-state index in [1.807, 2.05) is 0 Å². The van der Waals surface area contributed by atoms with Crippen molar-refractivity contribution in [3.63, 3.8) is 0 Å². The summed E-state index contributed by atoms with van der Waals surface area (Å²) in [5.41, 5.74) is 2.27. The van der Waals surface area contributed by atoms with Crippen LogP contribution in [0.3, 0.4) is 0 Å². The van der Waals surface area contributed by atoms with Gasteiger partial charge in [-0.3, -0.25) is 4.79 Å². The van der Waals surface area contributed by atoms with Gasteiger partial charge in [-0.25, -0.2) is 4.99 Å². The van der Waals surface area contributed by atoms with Crippen molar-refractivity contribution >= 4 is 53.0 Å². The highest BCUT2D eigenvalue weighted by atomic mass is 35.5. The standard InChI is InChI=1S/C24H18Cl3F6NO/c25-19-10-16(11-20(26)22(19)27)18(24(31,32)33)6-2-13-1-5-17-14(3-4-15(17)9-13)7-8-34-21(35)12-23(28,29)30/h1-2,5-6,8-11,14,18H,3-4,7,12H2/b6-2+,34-8+. The SMILES string of the molecule is O=C(CC(F)(F)F)/N=C/CC1CCc2cc(/C=C/C(c3cc(Cl)c(Cl)c(Cl)c3)C(F)(F)F)ccc21. The second-order valence-electron chi connectivity index (χ2n) is 8.10. The van der Waals surface area contributed by atoms with E-state index in [1.54, 1.807) is 18.2 Å². The number of hydrogen-bond acceptors (Lipinski definition) is 1. The van der Waals surface area contributed by atoms with Gasteiger partial charge in [0.15, 0.2) is 0 Å². The van der Waals surface area contributed by atoms with Crippen LogP contribution in [0.25, 0.3) is 6.08 Å². The summed E-state index contributed by atoms with van der Waals surface area (Å²) in [6.45, 7) is 0. The summed E-state index contributed by atoms with van der Waals surface area (Å²) >= 11 is 17.7. The van der Waals surface area contributed by atoms with Gasteiger partial charge in [-0.15, -0.1) is 0 Å². The van der Waals surface area contributed by atoms with Gasteiger partial charge >= 0.3 is 12.4 Å². The molecule has 1 aliphatic carbocycles. The lowest BCUT2D eigenvalue weighted by molar-refractivity contribution is -0.151. The summed E-state index contributed by atoms with van der Waals surface area (Å²) in [7, 11) is 0. The molecular weight excluding hydrogens is 539 g/mol. The van der Waals surface area contributed by atoms with E-state index in [0.717, 1.165) is 29.3 Å². The van der Waals surface area contributed by atoms with Crippen LogP contribution in [-0.4, -0.2) is 24.5 Å². The van der Waals surface area contributed by atoms with Crippen molar-refractivity contribution in [1.82, 2.24) is 0 Å². The molecule has 2 nitrogen and oxygen atoms in total. The Morgan fingerprint density at radius 3 is 2.31 bits per heavy atom. The quantitative estimate of drug-likeness (QED) is 0.198. The summed E-state index contributed by atoms with van der Waals surface area (Å²) in [4.78, 5) is 14.6. The van der Waals surface area contributed by atoms with Crippen LogP contribution in [0.4, 0.5) is 26.3 Å². The number of amides is 1. The van der Waals surface area contributed by atoms with E-state index in [-0.39, 0.29) is 26.5 Å². The molecule has 0 aliphatic heterocycles. The minimum absolute atomic E-state index is 0.0232. The first-order chi connectivity index (χ1) is 16.2. The zero-order valence-corrected chi connectivity index (χ0v) is 20.1. The Hall–Kier alpha value is -2.03. The number of aliphatic imine (C=N–C) groups is 1. The zero-order valence-electron chi connectivity index (χ0n) is 17.9. The number of aryl methyl sites for hydroxylation is 1. The number of rotatable bonds is 6. The molecular formula is C24H18Cl3F6NO. The number of alkyl halides is 6. The number of carbonyl (C=O) groups excluding carboxylic acids is 1. The zero-order chi connectivity index (χ0) is 26.0. The number of benzene rings is 2. The van der Waals surface area contributed by atoms with Crippen LogP contribution in [0.2, 0.25) is 15.1 Å². The Bertz CT molecular complexity index is 1130. The Balaban J connectivity index is 1.74. The highest BCUT2D eigenvalue weighted by Crippen LogP contribution is 2.41. The molecule has 2 unspecified atom stereocenters. The van der Waals surface area contributed by atoms with E-state index < -0.39 is 30.6 Å². The van der Waals surface area contributed by atoms with Crippen LogP contribution in [0, 0.1) is 0 Å². The maximum atomic E-state index is 13.7. The molecule has 0 bridgehead atoms. The second kappa shape index (κ2) is 10.9. The fourth-order valence-corrected chi connectivity index (χ4v) is 4.56. The Morgan fingerprint density at radius 1 is 1.06 bits per heavy atom. The van der Waals surface area contributed by atoms with E-state index in [2.05, 4.69) is 4.99 Å². The van der Waals surface area contributed by atoms with Crippen LogP contribution < -0.4 is 0 Å². The van der Waals surface area contributed by atoms with Crippen LogP contribution in [0.1, 0.15) is 53.4 Å². The molecule has 35 heavy (non-hydrogen) atoms. The average Bonchev–Trinajstić information content (AvgIpc) is 3.12. The van der Waals surface area contributed by atoms with Crippen molar-refractivity contribution in [2.24, 2.45) is 4.99 Å². The molecule has 2 aromatic carbocycles. The van der Waals surface area contributed by atoms with Gasteiger partial charge in [0.1, 0.15) is 6.42 Å². The summed E-state index contributed by atoms with van der Waals surface area (Å²) in [5.74, 6) is -3.24.